The second-order valence-corrected chi connectivity index (χ2v) is 21.3. The summed E-state index contributed by atoms with van der Waals surface area (Å²) in [5, 5.41) is 33.7. The molecule has 4 aliphatic carbocycles. The molecule has 0 bridgehead atoms. The van der Waals surface area contributed by atoms with E-state index >= 15 is 0 Å². The molecule has 2 saturated carbocycles. The van der Waals surface area contributed by atoms with Gasteiger partial charge in [-0.1, -0.05) is 71.7 Å². The fourth-order valence-electron chi connectivity index (χ4n) is 12.7. The van der Waals surface area contributed by atoms with E-state index in [-0.39, 0.29) is 66.1 Å². The number of primary amides is 1. The van der Waals surface area contributed by atoms with Gasteiger partial charge in [0.05, 0.1) is 10.8 Å². The molecule has 2 fully saturated rings. The largest absolute Gasteiger partial charge is 0.508 e. The van der Waals surface area contributed by atoms with Crippen LogP contribution in [0.5, 0.6) is 5.75 Å². The van der Waals surface area contributed by atoms with Crippen molar-refractivity contribution in [2.45, 2.75) is 148 Å². The number of carbonyl (C=O) groups is 7. The summed E-state index contributed by atoms with van der Waals surface area (Å²) in [7, 11) is 0. The highest BCUT2D eigenvalue weighted by atomic mass is 16.5. The zero-order chi connectivity index (χ0) is 50.6. The number of anilines is 2. The van der Waals surface area contributed by atoms with E-state index in [1.165, 1.54) is 5.56 Å². The molecule has 376 valence electrons. The minimum absolute atomic E-state index is 0.000740. The number of amides is 7. The predicted octanol–water partition coefficient (Wildman–Crippen LogP) is 7.88. The number of aromatic hydroxyl groups is 1. The normalized spacial score (nSPS) is 26.2. The Morgan fingerprint density at radius 3 is 1.87 bits per heavy atom. The first-order chi connectivity index (χ1) is 33.2. The number of carboxylic acids is 1. The summed E-state index contributed by atoms with van der Waals surface area (Å²) >= 11 is 0. The minimum atomic E-state index is -1.24. The zero-order valence-electron chi connectivity index (χ0n) is 41.1. The van der Waals surface area contributed by atoms with E-state index in [0.717, 1.165) is 61.6 Å². The first-order valence-electron chi connectivity index (χ1n) is 24.9. The number of carboxylic acid groups (broad SMARTS) is 1. The van der Waals surface area contributed by atoms with Crippen molar-refractivity contribution in [3.8, 4) is 5.75 Å². The van der Waals surface area contributed by atoms with Crippen LogP contribution in [0.3, 0.4) is 0 Å². The van der Waals surface area contributed by atoms with Gasteiger partial charge in [-0.2, -0.15) is 0 Å². The molecule has 7 amide bonds. The van der Waals surface area contributed by atoms with Gasteiger partial charge in [0.15, 0.2) is 0 Å². The van der Waals surface area contributed by atoms with E-state index in [0.29, 0.717) is 55.6 Å². The Labute approximate surface area is 410 Å². The highest BCUT2D eigenvalue weighted by Crippen LogP contribution is 2.60. The van der Waals surface area contributed by atoms with Crippen LogP contribution in [-0.4, -0.2) is 64.5 Å². The molecule has 0 spiro atoms. The van der Waals surface area contributed by atoms with E-state index in [9.17, 15) is 43.8 Å². The van der Waals surface area contributed by atoms with Gasteiger partial charge in [-0.3, -0.25) is 29.3 Å². The van der Waals surface area contributed by atoms with Crippen LogP contribution in [-0.2, 0) is 59.0 Å². The van der Waals surface area contributed by atoms with Crippen LogP contribution in [0.15, 0.2) is 60.7 Å². The van der Waals surface area contributed by atoms with Gasteiger partial charge in [0.1, 0.15) is 18.4 Å². The molecular formula is C54H70N6O10. The molecule has 7 rings (SSSR count). The van der Waals surface area contributed by atoms with Crippen LogP contribution in [0.25, 0.3) is 0 Å². The van der Waals surface area contributed by atoms with Crippen molar-refractivity contribution in [2.24, 2.45) is 34.3 Å². The van der Waals surface area contributed by atoms with E-state index in [1.54, 1.807) is 43.3 Å². The lowest BCUT2D eigenvalue weighted by Gasteiger charge is -2.56. The summed E-state index contributed by atoms with van der Waals surface area (Å²) in [5.74, 6) is -2.63. The third-order valence-corrected chi connectivity index (χ3v) is 16.6. The topological polar surface area (TPSA) is 255 Å². The molecule has 0 saturated heterocycles. The lowest BCUT2D eigenvalue weighted by atomic mass is 9.49. The molecule has 16 nitrogen and oxygen atoms in total. The van der Waals surface area contributed by atoms with Gasteiger partial charge in [-0.05, 0) is 158 Å². The van der Waals surface area contributed by atoms with Crippen LogP contribution >= 0.6 is 0 Å². The Kier molecular flexibility index (Phi) is 15.3. The van der Waals surface area contributed by atoms with Crippen molar-refractivity contribution in [2.75, 3.05) is 17.2 Å². The number of hydrogen-bond donors (Lipinski definition) is 8. The SMILES string of the molecule is C[C@@H](CCCNC(N)=O)C(=O)Nc1ccc(COC(=O)N[C@@H](CCC(=O)O)C(=O)Nc2ccc3c(c2)[C@@]2(C)CCC[C@](C)(C(=O)NC(=O)[C@@]4(C)CCC[C@]5(C)c6cc(O)ccc6CC[C@@H]45)[C@@H]2CC3)cc1. The Morgan fingerprint density at radius 2 is 1.29 bits per heavy atom. The number of rotatable bonds is 16. The summed E-state index contributed by atoms with van der Waals surface area (Å²) in [5.41, 5.74) is 8.71. The number of urea groups is 1. The second-order valence-electron chi connectivity index (χ2n) is 21.3. The molecular weight excluding hydrogens is 893 g/mol. The van der Waals surface area contributed by atoms with E-state index in [2.05, 4.69) is 40.4 Å². The van der Waals surface area contributed by atoms with E-state index in [1.807, 2.05) is 38.1 Å². The number of phenolic OH excluding ortho intramolecular Hbond substituents is 1. The third-order valence-electron chi connectivity index (χ3n) is 16.6. The third kappa shape index (κ3) is 10.8. The molecule has 9 N–H and O–H groups in total. The Morgan fingerprint density at radius 1 is 0.729 bits per heavy atom. The van der Waals surface area contributed by atoms with Gasteiger partial charge in [0.25, 0.3) is 0 Å². The number of benzene rings is 3. The summed E-state index contributed by atoms with van der Waals surface area (Å²) in [6, 6.07) is 16.1. The molecule has 0 aromatic heterocycles. The molecule has 4 aliphatic rings. The standard InChI is InChI=1S/C54H70N6O10/c1-32(9-6-28-56-49(55)68)45(64)57-36-16-10-33(11-17-36)31-70-50(69)59-41(20-23-44(62)63)46(65)58-37-18-12-34-14-21-42-51(2,39(34)29-37)24-7-26-53(42,4)47(66)60-48(67)54(5)27-8-25-52(3)40-30-38(61)19-13-35(40)15-22-43(52)54/h10-13,16-19,29-30,32,41-43,61H,6-9,14-15,20-28,31H2,1-5H3,(H,57,64)(H,58,65)(H,59,69)(H,62,63)(H3,55,56,68)(H,60,66,67)/t32-,41-,42+,43+,51+,52+,53-,54-/m0/s1. The first kappa shape index (κ1) is 51.4. The van der Waals surface area contributed by atoms with Crippen LogP contribution in [0.4, 0.5) is 21.0 Å². The van der Waals surface area contributed by atoms with Gasteiger partial charge in [0.2, 0.25) is 23.6 Å². The molecule has 3 aromatic carbocycles. The predicted molar refractivity (Wildman–Crippen MR) is 264 cm³/mol. The number of hydrogen-bond acceptors (Lipinski definition) is 9. The van der Waals surface area contributed by atoms with Crippen molar-refractivity contribution >= 4 is 53.1 Å². The Balaban J connectivity index is 0.979. The molecule has 3 aromatic rings. The number of aliphatic carboxylic acids is 1. The smallest absolute Gasteiger partial charge is 0.408 e. The molecule has 0 radical (unpaired) electrons. The van der Waals surface area contributed by atoms with Crippen molar-refractivity contribution in [1.29, 1.82) is 0 Å². The van der Waals surface area contributed by atoms with Crippen LogP contribution in [0.2, 0.25) is 0 Å². The van der Waals surface area contributed by atoms with Gasteiger partial charge < -0.3 is 42.0 Å². The summed E-state index contributed by atoms with van der Waals surface area (Å²) < 4.78 is 5.42. The van der Waals surface area contributed by atoms with Gasteiger partial charge in [-0.25, -0.2) is 9.59 Å². The maximum Gasteiger partial charge on any atom is 0.408 e. The Bertz CT molecular complexity index is 2510. The van der Waals surface area contributed by atoms with Crippen LogP contribution in [0.1, 0.15) is 139 Å². The number of carbonyl (C=O) groups excluding carboxylic acids is 6. The maximum absolute atomic E-state index is 14.7. The van der Waals surface area contributed by atoms with Gasteiger partial charge in [-0.15, -0.1) is 0 Å². The minimum Gasteiger partial charge on any atom is -0.508 e. The fourth-order valence-corrected chi connectivity index (χ4v) is 12.7. The summed E-state index contributed by atoms with van der Waals surface area (Å²) in [4.78, 5) is 91.3. The average Bonchev–Trinajstić information content (AvgIpc) is 3.31. The number of phenols is 1. The van der Waals surface area contributed by atoms with Crippen molar-refractivity contribution in [3.05, 3.63) is 88.5 Å². The second kappa shape index (κ2) is 20.9. The zero-order valence-corrected chi connectivity index (χ0v) is 41.1. The molecule has 8 atom stereocenters. The Hall–Kier alpha value is -6.45. The molecule has 0 unspecified atom stereocenters. The van der Waals surface area contributed by atoms with Crippen LogP contribution in [0, 0.1) is 28.6 Å². The number of nitrogens with two attached hydrogens (primary N) is 1. The molecule has 16 heteroatoms. The average molecular weight is 963 g/mol. The monoisotopic (exact) mass is 963 g/mol. The van der Waals surface area contributed by atoms with Gasteiger partial charge >= 0.3 is 18.1 Å². The molecule has 0 heterocycles. The number of imide groups is 1. The fraction of sp³-hybridized carbons (Fsp3) is 0.537. The quantitative estimate of drug-likeness (QED) is 0.0509. The maximum atomic E-state index is 14.7. The van der Waals surface area contributed by atoms with E-state index < -0.39 is 46.3 Å². The highest BCUT2D eigenvalue weighted by molar-refractivity contribution is 6.01. The highest BCUT2D eigenvalue weighted by Gasteiger charge is 2.58. The number of ether oxygens (including phenoxy) is 1. The van der Waals surface area contributed by atoms with Gasteiger partial charge in [0, 0.05) is 30.3 Å². The van der Waals surface area contributed by atoms with Crippen molar-refractivity contribution in [1.82, 2.24) is 16.0 Å². The number of alkyl carbamates (subject to hydrolysis) is 1. The van der Waals surface area contributed by atoms with Crippen molar-refractivity contribution < 1.29 is 48.5 Å². The first-order valence-corrected chi connectivity index (χ1v) is 24.9. The summed E-state index contributed by atoms with van der Waals surface area (Å²) in [6.07, 6.45) is 7.29. The molecule has 70 heavy (non-hydrogen) atoms. The number of aryl methyl sites for hydroxylation is 2. The van der Waals surface area contributed by atoms with Crippen LogP contribution < -0.4 is 32.3 Å². The lowest BCUT2D eigenvalue weighted by molar-refractivity contribution is -0.150. The van der Waals surface area contributed by atoms with E-state index in [4.69, 9.17) is 10.5 Å². The number of nitrogens with one attached hydrogen (secondary N) is 5. The van der Waals surface area contributed by atoms with Crippen molar-refractivity contribution in [3.63, 3.8) is 0 Å². The molecule has 0 aliphatic heterocycles. The lowest BCUT2D eigenvalue weighted by Crippen LogP contribution is -2.60. The number of fused-ring (bicyclic) bond motifs is 6. The summed E-state index contributed by atoms with van der Waals surface area (Å²) in [6.45, 7) is 10.4.